The largest absolute Gasteiger partial charge is 0.396 e. The van der Waals surface area contributed by atoms with Gasteiger partial charge < -0.3 is 10.8 Å². The summed E-state index contributed by atoms with van der Waals surface area (Å²) >= 11 is 3.57. The average Bonchev–Trinajstić information content (AvgIpc) is 2.36. The molecule has 0 aliphatic heterocycles. The Balaban J connectivity index is 2.85. The van der Waals surface area contributed by atoms with Crippen LogP contribution in [0, 0.1) is 0 Å². The minimum Gasteiger partial charge on any atom is -0.396 e. The van der Waals surface area contributed by atoms with Crippen molar-refractivity contribution < 1.29 is 5.11 Å². The molecule has 0 aromatic heterocycles. The third kappa shape index (κ3) is 4.07. The molecule has 1 aromatic carbocycles. The van der Waals surface area contributed by atoms with Gasteiger partial charge in [-0.25, -0.2) is 0 Å². The van der Waals surface area contributed by atoms with Crippen LogP contribution in [-0.4, -0.2) is 36.2 Å². The molecule has 1 atom stereocenters. The molecule has 0 fully saturated rings. The standard InChI is InChI=1S/C13H21BrN2O/c1-2-16(8-5-9-17)13(10-15)11-6-3-4-7-12(11)14/h3-4,6-7,13,17H,2,5,8-10,15H2,1H3. The molecule has 0 radical (unpaired) electrons. The lowest BCUT2D eigenvalue weighted by Crippen LogP contribution is -2.35. The van der Waals surface area contributed by atoms with Crippen LogP contribution in [0.15, 0.2) is 28.7 Å². The van der Waals surface area contributed by atoms with Crippen LogP contribution in [0.1, 0.15) is 24.9 Å². The van der Waals surface area contributed by atoms with Crippen LogP contribution in [0.3, 0.4) is 0 Å². The molecule has 0 aliphatic rings. The highest BCUT2D eigenvalue weighted by molar-refractivity contribution is 9.10. The van der Waals surface area contributed by atoms with E-state index in [0.717, 1.165) is 24.0 Å². The fourth-order valence-corrected chi connectivity index (χ4v) is 2.58. The molecule has 4 heteroatoms. The minimum atomic E-state index is 0.210. The van der Waals surface area contributed by atoms with E-state index >= 15 is 0 Å². The van der Waals surface area contributed by atoms with Crippen molar-refractivity contribution in [1.82, 2.24) is 4.90 Å². The SMILES string of the molecule is CCN(CCCO)C(CN)c1ccccc1Br. The molecule has 3 nitrogen and oxygen atoms in total. The maximum atomic E-state index is 8.92. The van der Waals surface area contributed by atoms with Crippen molar-refractivity contribution in [2.45, 2.75) is 19.4 Å². The van der Waals surface area contributed by atoms with Crippen molar-refractivity contribution in [3.63, 3.8) is 0 Å². The molecule has 0 aliphatic carbocycles. The van der Waals surface area contributed by atoms with Crippen LogP contribution >= 0.6 is 15.9 Å². The Morgan fingerprint density at radius 1 is 1.41 bits per heavy atom. The first-order chi connectivity index (χ1) is 8.24. The maximum Gasteiger partial charge on any atom is 0.0481 e. The minimum absolute atomic E-state index is 0.210. The molecule has 17 heavy (non-hydrogen) atoms. The van der Waals surface area contributed by atoms with E-state index < -0.39 is 0 Å². The smallest absolute Gasteiger partial charge is 0.0481 e. The molecule has 1 aromatic rings. The fraction of sp³-hybridized carbons (Fsp3) is 0.538. The summed E-state index contributed by atoms with van der Waals surface area (Å²) < 4.78 is 1.10. The molecule has 0 spiro atoms. The van der Waals surface area contributed by atoms with Crippen LogP contribution in [-0.2, 0) is 0 Å². The Kier molecular flexibility index (Phi) is 6.73. The molecule has 0 heterocycles. The maximum absolute atomic E-state index is 8.92. The van der Waals surface area contributed by atoms with Crippen molar-refractivity contribution in [3.8, 4) is 0 Å². The summed E-state index contributed by atoms with van der Waals surface area (Å²) in [4.78, 5) is 2.30. The van der Waals surface area contributed by atoms with Gasteiger partial charge in [-0.05, 0) is 24.6 Å². The van der Waals surface area contributed by atoms with Crippen molar-refractivity contribution in [1.29, 1.82) is 0 Å². The van der Waals surface area contributed by atoms with E-state index in [1.165, 1.54) is 5.56 Å². The third-order valence-corrected chi connectivity index (χ3v) is 3.66. The number of halogens is 1. The van der Waals surface area contributed by atoms with E-state index in [9.17, 15) is 0 Å². The molecule has 0 saturated heterocycles. The lowest BCUT2D eigenvalue weighted by atomic mass is 10.1. The molecule has 1 unspecified atom stereocenters. The second kappa shape index (κ2) is 7.82. The summed E-state index contributed by atoms with van der Waals surface area (Å²) in [5.74, 6) is 0. The highest BCUT2D eigenvalue weighted by atomic mass is 79.9. The van der Waals surface area contributed by atoms with Gasteiger partial charge in [0.25, 0.3) is 0 Å². The number of aliphatic hydroxyl groups is 1. The highest BCUT2D eigenvalue weighted by Crippen LogP contribution is 2.27. The van der Waals surface area contributed by atoms with Crippen LogP contribution < -0.4 is 5.73 Å². The van der Waals surface area contributed by atoms with Crippen molar-refractivity contribution in [2.24, 2.45) is 5.73 Å². The van der Waals surface area contributed by atoms with Gasteiger partial charge in [0.2, 0.25) is 0 Å². The number of nitrogens with two attached hydrogens (primary N) is 1. The zero-order chi connectivity index (χ0) is 12.7. The summed E-state index contributed by atoms with van der Waals surface area (Å²) in [6.07, 6.45) is 0.787. The Hall–Kier alpha value is -0.420. The zero-order valence-electron chi connectivity index (χ0n) is 10.3. The fourth-order valence-electron chi connectivity index (χ4n) is 2.03. The lowest BCUT2D eigenvalue weighted by molar-refractivity contribution is 0.184. The number of hydrogen-bond donors (Lipinski definition) is 2. The monoisotopic (exact) mass is 300 g/mol. The number of aliphatic hydroxyl groups excluding tert-OH is 1. The third-order valence-electron chi connectivity index (χ3n) is 2.94. The van der Waals surface area contributed by atoms with Gasteiger partial charge in [0.05, 0.1) is 0 Å². The van der Waals surface area contributed by atoms with Gasteiger partial charge in [-0.1, -0.05) is 41.1 Å². The van der Waals surface area contributed by atoms with Crippen LogP contribution in [0.4, 0.5) is 0 Å². The number of rotatable bonds is 7. The van der Waals surface area contributed by atoms with E-state index in [2.05, 4.69) is 33.8 Å². The molecule has 1 rings (SSSR count). The van der Waals surface area contributed by atoms with Gasteiger partial charge in [-0.15, -0.1) is 0 Å². The van der Waals surface area contributed by atoms with Crippen LogP contribution in [0.2, 0.25) is 0 Å². The molecule has 0 amide bonds. The normalized spacial score (nSPS) is 13.0. The van der Waals surface area contributed by atoms with Crippen molar-refractivity contribution >= 4 is 15.9 Å². The molecule has 96 valence electrons. The summed E-state index contributed by atoms with van der Waals surface area (Å²) in [5.41, 5.74) is 7.11. The Morgan fingerprint density at radius 3 is 2.65 bits per heavy atom. The summed E-state index contributed by atoms with van der Waals surface area (Å²) in [6, 6.07) is 8.39. The van der Waals surface area contributed by atoms with Crippen molar-refractivity contribution in [2.75, 3.05) is 26.2 Å². The second-order valence-corrected chi connectivity index (χ2v) is 4.83. The Labute approximate surface area is 112 Å². The molecular formula is C13H21BrN2O. The van der Waals surface area contributed by atoms with Crippen LogP contribution in [0.25, 0.3) is 0 Å². The van der Waals surface area contributed by atoms with E-state index in [1.54, 1.807) is 0 Å². The molecule has 3 N–H and O–H groups in total. The van der Waals surface area contributed by atoms with Crippen molar-refractivity contribution in [3.05, 3.63) is 34.3 Å². The van der Waals surface area contributed by atoms with Gasteiger partial charge in [-0.2, -0.15) is 0 Å². The molecular weight excluding hydrogens is 280 g/mol. The molecule has 0 saturated carbocycles. The number of hydrogen-bond acceptors (Lipinski definition) is 3. The first-order valence-corrected chi connectivity index (χ1v) is 6.83. The lowest BCUT2D eigenvalue weighted by Gasteiger charge is -2.30. The predicted molar refractivity (Wildman–Crippen MR) is 74.9 cm³/mol. The topological polar surface area (TPSA) is 49.5 Å². The Bertz CT molecular complexity index is 333. The second-order valence-electron chi connectivity index (χ2n) is 3.98. The summed E-state index contributed by atoms with van der Waals surface area (Å²) in [6.45, 7) is 4.74. The van der Waals surface area contributed by atoms with Gasteiger partial charge >= 0.3 is 0 Å². The first kappa shape index (κ1) is 14.6. The van der Waals surface area contributed by atoms with Gasteiger partial charge in [0, 0.05) is 30.2 Å². The van der Waals surface area contributed by atoms with E-state index in [4.69, 9.17) is 10.8 Å². The van der Waals surface area contributed by atoms with E-state index in [0.29, 0.717) is 6.54 Å². The molecule has 0 bridgehead atoms. The highest BCUT2D eigenvalue weighted by Gasteiger charge is 2.18. The van der Waals surface area contributed by atoms with E-state index in [-0.39, 0.29) is 12.6 Å². The zero-order valence-corrected chi connectivity index (χ0v) is 11.9. The van der Waals surface area contributed by atoms with Gasteiger partial charge in [0.15, 0.2) is 0 Å². The summed E-state index contributed by atoms with van der Waals surface area (Å²) in [7, 11) is 0. The number of benzene rings is 1. The quantitative estimate of drug-likeness (QED) is 0.811. The first-order valence-electron chi connectivity index (χ1n) is 6.04. The summed E-state index contributed by atoms with van der Waals surface area (Å²) in [5, 5.41) is 8.92. The van der Waals surface area contributed by atoms with Gasteiger partial charge in [0.1, 0.15) is 0 Å². The van der Waals surface area contributed by atoms with Crippen LogP contribution in [0.5, 0.6) is 0 Å². The number of nitrogens with zero attached hydrogens (tertiary/aromatic N) is 1. The Morgan fingerprint density at radius 2 is 2.12 bits per heavy atom. The van der Waals surface area contributed by atoms with E-state index in [1.807, 2.05) is 18.2 Å². The average molecular weight is 301 g/mol. The van der Waals surface area contributed by atoms with Gasteiger partial charge in [-0.3, -0.25) is 4.90 Å². The predicted octanol–water partition coefficient (Wildman–Crippen LogP) is 2.15. The number of likely N-dealkylation sites (N-methyl/N-ethyl adjacent to an activating group) is 1.